The Labute approximate surface area is 83.0 Å². The average Bonchev–Trinajstić information content (AvgIpc) is 2.03. The monoisotopic (exact) mass is 206 g/mol. The molecule has 0 heterocycles. The molecule has 0 spiro atoms. The highest BCUT2D eigenvalue weighted by molar-refractivity contribution is 7.81. The number of hydrogen-bond acceptors (Lipinski definition) is 5. The molecule has 0 aromatic rings. The summed E-state index contributed by atoms with van der Waals surface area (Å²) >= 11 is 3.93. The van der Waals surface area contributed by atoms with E-state index >= 15 is 0 Å². The predicted molar refractivity (Wildman–Crippen MR) is 50.9 cm³/mol. The maximum absolute atomic E-state index is 11.0. The van der Waals surface area contributed by atoms with Gasteiger partial charge in [0.15, 0.2) is 0 Å². The first kappa shape index (κ1) is 12.4. The van der Waals surface area contributed by atoms with Gasteiger partial charge in [-0.1, -0.05) is 0 Å². The van der Waals surface area contributed by atoms with Gasteiger partial charge in [0.05, 0.1) is 6.61 Å². The minimum atomic E-state index is -0.658. The zero-order valence-electron chi connectivity index (χ0n) is 7.78. The van der Waals surface area contributed by atoms with E-state index < -0.39 is 11.2 Å². The summed E-state index contributed by atoms with van der Waals surface area (Å²) in [6.07, 6.45) is 0.106. The maximum atomic E-state index is 11.0. The Kier molecular flexibility index (Phi) is 6.62. The molecule has 5 heteroatoms. The second-order valence-electron chi connectivity index (χ2n) is 2.58. The van der Waals surface area contributed by atoms with Gasteiger partial charge in [-0.3, -0.25) is 9.59 Å². The Bertz CT molecular complexity index is 181. The first-order chi connectivity index (χ1) is 6.07. The van der Waals surface area contributed by atoms with Gasteiger partial charge in [0.1, 0.15) is 17.6 Å². The van der Waals surface area contributed by atoms with E-state index in [0.29, 0.717) is 6.61 Å². The van der Waals surface area contributed by atoms with Gasteiger partial charge in [0.25, 0.3) is 0 Å². The third-order valence-corrected chi connectivity index (χ3v) is 1.68. The number of methoxy groups -OCH3 is 1. The van der Waals surface area contributed by atoms with Crippen LogP contribution in [0.15, 0.2) is 0 Å². The SMILES string of the molecule is COCCOC(=O)C(S)CC(C)=O. The van der Waals surface area contributed by atoms with Crippen molar-refractivity contribution in [3.63, 3.8) is 0 Å². The lowest BCUT2D eigenvalue weighted by molar-refractivity contribution is -0.145. The van der Waals surface area contributed by atoms with Crippen molar-refractivity contribution in [2.75, 3.05) is 20.3 Å². The van der Waals surface area contributed by atoms with Crippen molar-refractivity contribution in [1.82, 2.24) is 0 Å². The van der Waals surface area contributed by atoms with Crippen LogP contribution in [0.1, 0.15) is 13.3 Å². The zero-order chi connectivity index (χ0) is 10.3. The van der Waals surface area contributed by atoms with Gasteiger partial charge in [-0.15, -0.1) is 0 Å². The summed E-state index contributed by atoms with van der Waals surface area (Å²) in [4.78, 5) is 21.7. The van der Waals surface area contributed by atoms with Gasteiger partial charge in [-0.05, 0) is 6.92 Å². The summed E-state index contributed by atoms with van der Waals surface area (Å²) in [5, 5.41) is -0.658. The van der Waals surface area contributed by atoms with Gasteiger partial charge in [0.2, 0.25) is 0 Å². The summed E-state index contributed by atoms with van der Waals surface area (Å²) in [5.74, 6) is -0.556. The number of carbonyl (C=O) groups excluding carboxylic acids is 2. The number of ketones is 1. The normalized spacial score (nSPS) is 12.2. The third-order valence-electron chi connectivity index (χ3n) is 1.28. The molecule has 4 nitrogen and oxygen atoms in total. The molecule has 0 fully saturated rings. The van der Waals surface area contributed by atoms with Crippen LogP contribution in [0.4, 0.5) is 0 Å². The number of ether oxygens (including phenoxy) is 2. The topological polar surface area (TPSA) is 52.6 Å². The number of rotatable bonds is 6. The molecule has 0 N–H and O–H groups in total. The van der Waals surface area contributed by atoms with Crippen LogP contribution < -0.4 is 0 Å². The first-order valence-corrected chi connectivity index (χ1v) is 4.42. The number of thiol groups is 1. The standard InChI is InChI=1S/C8H14O4S/c1-6(9)5-7(13)8(10)12-4-3-11-2/h7,13H,3-5H2,1-2H3. The van der Waals surface area contributed by atoms with E-state index in [0.717, 1.165) is 0 Å². The smallest absolute Gasteiger partial charge is 0.319 e. The molecule has 1 atom stereocenters. The summed E-state index contributed by atoms with van der Waals surface area (Å²) in [6, 6.07) is 0. The van der Waals surface area contributed by atoms with E-state index in [1.54, 1.807) is 0 Å². The molecule has 13 heavy (non-hydrogen) atoms. The molecule has 0 saturated heterocycles. The number of hydrogen-bond donors (Lipinski definition) is 1. The van der Waals surface area contributed by atoms with Crippen LogP contribution in [0.5, 0.6) is 0 Å². The van der Waals surface area contributed by atoms with Gasteiger partial charge in [-0.25, -0.2) is 0 Å². The average molecular weight is 206 g/mol. The van der Waals surface area contributed by atoms with Crippen LogP contribution in [0.25, 0.3) is 0 Å². The quantitative estimate of drug-likeness (QED) is 0.389. The van der Waals surface area contributed by atoms with E-state index in [1.165, 1.54) is 14.0 Å². The van der Waals surface area contributed by atoms with Gasteiger partial charge in [0, 0.05) is 13.5 Å². The predicted octanol–water partition coefficient (Wildman–Crippen LogP) is 0.454. The fourth-order valence-corrected chi connectivity index (χ4v) is 1.01. The van der Waals surface area contributed by atoms with Crippen LogP contribution in [0.3, 0.4) is 0 Å². The molecule has 0 amide bonds. The van der Waals surface area contributed by atoms with Crippen LogP contribution in [-0.2, 0) is 19.1 Å². The van der Waals surface area contributed by atoms with Crippen LogP contribution in [-0.4, -0.2) is 37.3 Å². The van der Waals surface area contributed by atoms with Gasteiger partial charge < -0.3 is 9.47 Å². The highest BCUT2D eigenvalue weighted by Gasteiger charge is 2.16. The highest BCUT2D eigenvalue weighted by atomic mass is 32.1. The Morgan fingerprint density at radius 3 is 2.46 bits per heavy atom. The van der Waals surface area contributed by atoms with E-state index in [4.69, 9.17) is 4.74 Å². The number of carbonyl (C=O) groups is 2. The lowest BCUT2D eigenvalue weighted by Gasteiger charge is -2.08. The molecule has 0 radical (unpaired) electrons. The molecule has 1 unspecified atom stereocenters. The maximum Gasteiger partial charge on any atom is 0.319 e. The molecule has 0 saturated carbocycles. The highest BCUT2D eigenvalue weighted by Crippen LogP contribution is 2.04. The van der Waals surface area contributed by atoms with Crippen LogP contribution in [0.2, 0.25) is 0 Å². The largest absolute Gasteiger partial charge is 0.462 e. The van der Waals surface area contributed by atoms with Crippen molar-refractivity contribution >= 4 is 24.4 Å². The van der Waals surface area contributed by atoms with E-state index in [-0.39, 0.29) is 18.8 Å². The second kappa shape index (κ2) is 6.91. The fourth-order valence-electron chi connectivity index (χ4n) is 0.677. The molecule has 0 aromatic carbocycles. The van der Waals surface area contributed by atoms with Crippen molar-refractivity contribution in [1.29, 1.82) is 0 Å². The molecular formula is C8H14O4S. The first-order valence-electron chi connectivity index (χ1n) is 3.91. The molecule has 0 aliphatic carbocycles. The van der Waals surface area contributed by atoms with Crippen molar-refractivity contribution < 1.29 is 19.1 Å². The van der Waals surface area contributed by atoms with Crippen LogP contribution in [0, 0.1) is 0 Å². The molecule has 0 aliphatic heterocycles. The van der Waals surface area contributed by atoms with Gasteiger partial charge >= 0.3 is 5.97 Å². The van der Waals surface area contributed by atoms with Crippen molar-refractivity contribution in [2.45, 2.75) is 18.6 Å². The zero-order valence-corrected chi connectivity index (χ0v) is 8.67. The van der Waals surface area contributed by atoms with E-state index in [1.807, 2.05) is 0 Å². The summed E-state index contributed by atoms with van der Waals surface area (Å²) < 4.78 is 9.44. The van der Waals surface area contributed by atoms with Crippen LogP contribution >= 0.6 is 12.6 Å². The Balaban J connectivity index is 3.63. The van der Waals surface area contributed by atoms with E-state index in [2.05, 4.69) is 17.4 Å². The summed E-state index contributed by atoms with van der Waals surface area (Å²) in [7, 11) is 1.52. The molecule has 0 aliphatic rings. The van der Waals surface area contributed by atoms with Crippen molar-refractivity contribution in [2.24, 2.45) is 0 Å². The van der Waals surface area contributed by atoms with Crippen molar-refractivity contribution in [3.05, 3.63) is 0 Å². The fraction of sp³-hybridized carbons (Fsp3) is 0.750. The molecule has 0 rings (SSSR count). The molecule has 0 bridgehead atoms. The number of esters is 1. The Morgan fingerprint density at radius 2 is 2.00 bits per heavy atom. The van der Waals surface area contributed by atoms with E-state index in [9.17, 15) is 9.59 Å². The summed E-state index contributed by atoms with van der Waals surface area (Å²) in [5.41, 5.74) is 0. The Morgan fingerprint density at radius 1 is 1.38 bits per heavy atom. The minimum Gasteiger partial charge on any atom is -0.462 e. The third kappa shape index (κ3) is 6.60. The molecule has 0 aromatic heterocycles. The number of Topliss-reactive ketones (excluding diaryl/α,β-unsaturated/α-hetero) is 1. The van der Waals surface area contributed by atoms with Gasteiger partial charge in [-0.2, -0.15) is 12.6 Å². The van der Waals surface area contributed by atoms with Crippen molar-refractivity contribution in [3.8, 4) is 0 Å². The lowest BCUT2D eigenvalue weighted by Crippen LogP contribution is -2.22. The lowest BCUT2D eigenvalue weighted by atomic mass is 10.2. The molecule has 76 valence electrons. The molecular weight excluding hydrogens is 192 g/mol. The summed E-state index contributed by atoms with van der Waals surface area (Å²) in [6.45, 7) is 1.96. The Hall–Kier alpha value is -0.550. The second-order valence-corrected chi connectivity index (χ2v) is 3.21. The minimum absolute atomic E-state index is 0.0799.